The summed E-state index contributed by atoms with van der Waals surface area (Å²) in [7, 11) is 0. The Morgan fingerprint density at radius 2 is 1.86 bits per heavy atom. The van der Waals surface area contributed by atoms with Crippen molar-refractivity contribution in [2.45, 2.75) is 25.5 Å². The van der Waals surface area contributed by atoms with Gasteiger partial charge in [0.1, 0.15) is 6.10 Å². The van der Waals surface area contributed by atoms with Crippen LogP contribution < -0.4 is 0 Å². The van der Waals surface area contributed by atoms with E-state index in [4.69, 9.17) is 9.47 Å². The molecule has 0 saturated carbocycles. The summed E-state index contributed by atoms with van der Waals surface area (Å²) < 4.78 is 13.9. The summed E-state index contributed by atoms with van der Waals surface area (Å²) in [6, 6.07) is 14.6. The molecule has 1 fully saturated rings. The van der Waals surface area contributed by atoms with Crippen molar-refractivity contribution >= 4 is 23.2 Å². The molecule has 0 aliphatic carbocycles. The lowest BCUT2D eigenvalue weighted by atomic mass is 9.99. The highest BCUT2D eigenvalue weighted by Crippen LogP contribution is 2.41. The molecule has 114 valence electrons. The molecule has 0 spiro atoms. The van der Waals surface area contributed by atoms with E-state index in [0.29, 0.717) is 0 Å². The number of benzene rings is 2. The summed E-state index contributed by atoms with van der Waals surface area (Å²) in [6.07, 6.45) is 4.87. The molecule has 4 rings (SSSR count). The van der Waals surface area contributed by atoms with Crippen LogP contribution in [0.25, 0.3) is 10.8 Å². The molecule has 3 aromatic rings. The lowest BCUT2D eigenvalue weighted by Gasteiger charge is -2.19. The quantitative estimate of drug-likeness (QED) is 0.714. The molecular weight excluding hydrogens is 300 g/mol. The fourth-order valence-electron chi connectivity index (χ4n) is 2.95. The Labute approximate surface area is 135 Å². The maximum Gasteiger partial charge on any atom is 0.168 e. The number of hydrogen-bond acceptors (Lipinski definition) is 3. The van der Waals surface area contributed by atoms with Gasteiger partial charge in [0.05, 0.1) is 6.33 Å². The van der Waals surface area contributed by atoms with Crippen molar-refractivity contribution in [3.63, 3.8) is 0 Å². The van der Waals surface area contributed by atoms with E-state index in [1.54, 1.807) is 12.5 Å². The average Bonchev–Trinajstić information content (AvgIpc) is 3.15. The first-order chi connectivity index (χ1) is 10.3. The summed E-state index contributed by atoms with van der Waals surface area (Å²) >= 11 is 0. The highest BCUT2D eigenvalue weighted by Gasteiger charge is 2.36. The number of aromatic nitrogens is 2. The number of rotatable bonds is 2. The van der Waals surface area contributed by atoms with Crippen LogP contribution in [0, 0.1) is 0 Å². The van der Waals surface area contributed by atoms with Crippen molar-refractivity contribution in [3.8, 4) is 0 Å². The predicted molar refractivity (Wildman–Crippen MR) is 86.8 cm³/mol. The molecule has 1 aliphatic heterocycles. The largest absolute Gasteiger partial charge is 0.340 e. The molecule has 1 aromatic heterocycles. The van der Waals surface area contributed by atoms with Gasteiger partial charge in [-0.3, -0.25) is 0 Å². The van der Waals surface area contributed by atoms with Gasteiger partial charge in [-0.1, -0.05) is 42.5 Å². The second-order valence-corrected chi connectivity index (χ2v) is 5.23. The molecule has 1 aliphatic rings. The van der Waals surface area contributed by atoms with E-state index < -0.39 is 0 Å². The van der Waals surface area contributed by atoms with E-state index in [1.807, 2.05) is 23.8 Å². The maximum absolute atomic E-state index is 6.02. The van der Waals surface area contributed by atoms with Gasteiger partial charge in [-0.05, 0) is 23.3 Å². The van der Waals surface area contributed by atoms with Crippen LogP contribution in [0.15, 0.2) is 61.2 Å². The lowest BCUT2D eigenvalue weighted by Crippen LogP contribution is -2.13. The number of nitrogens with zero attached hydrogens (tertiary/aromatic N) is 2. The molecule has 1 saturated heterocycles. The molecule has 0 N–H and O–H groups in total. The number of halogens is 1. The Hall–Kier alpha value is -1.88. The SMILES string of the molecule is CC1OC(c2cccc3ccccc23)C(n2ccnc2)O1.Cl. The smallest absolute Gasteiger partial charge is 0.168 e. The first-order valence-electron chi connectivity index (χ1n) is 7.09. The van der Waals surface area contributed by atoms with Gasteiger partial charge in [-0.15, -0.1) is 12.4 Å². The average molecular weight is 317 g/mol. The molecule has 5 heteroatoms. The Bertz CT molecular complexity index is 755. The molecule has 3 atom stereocenters. The molecule has 22 heavy (non-hydrogen) atoms. The monoisotopic (exact) mass is 316 g/mol. The molecule has 2 aromatic carbocycles. The van der Waals surface area contributed by atoms with E-state index in [2.05, 4.69) is 41.4 Å². The van der Waals surface area contributed by atoms with Crippen LogP contribution >= 0.6 is 12.4 Å². The first-order valence-corrected chi connectivity index (χ1v) is 7.09. The Morgan fingerprint density at radius 1 is 1.05 bits per heavy atom. The minimum atomic E-state index is -0.235. The molecule has 0 amide bonds. The predicted octanol–water partition coefficient (Wildman–Crippen LogP) is 4.09. The van der Waals surface area contributed by atoms with Crippen molar-refractivity contribution in [3.05, 3.63) is 66.7 Å². The summed E-state index contributed by atoms with van der Waals surface area (Å²) in [5, 5.41) is 2.41. The van der Waals surface area contributed by atoms with Gasteiger partial charge in [0.15, 0.2) is 12.5 Å². The fraction of sp³-hybridized carbons (Fsp3) is 0.235. The minimum Gasteiger partial charge on any atom is -0.340 e. The minimum absolute atomic E-state index is 0. The number of imidazole rings is 1. The van der Waals surface area contributed by atoms with Crippen LogP contribution in [0.3, 0.4) is 0 Å². The third-order valence-corrected chi connectivity index (χ3v) is 3.88. The molecule has 2 heterocycles. The standard InChI is InChI=1S/C17H16N2O2.ClH/c1-12-20-16(17(21-12)19-10-9-18-11-19)15-8-4-6-13-5-2-3-7-14(13)15;/h2-12,16-17H,1H3;1H. The van der Waals surface area contributed by atoms with E-state index in [9.17, 15) is 0 Å². The zero-order chi connectivity index (χ0) is 14.2. The van der Waals surface area contributed by atoms with Crippen molar-refractivity contribution < 1.29 is 9.47 Å². The number of hydrogen-bond donors (Lipinski definition) is 0. The van der Waals surface area contributed by atoms with Crippen molar-refractivity contribution in [2.24, 2.45) is 0 Å². The molecule has 0 bridgehead atoms. The fourth-order valence-corrected chi connectivity index (χ4v) is 2.95. The molecule has 3 unspecified atom stereocenters. The molecular formula is C17H17ClN2O2. The van der Waals surface area contributed by atoms with Crippen LogP contribution in [0.5, 0.6) is 0 Å². The highest BCUT2D eigenvalue weighted by molar-refractivity contribution is 5.86. The van der Waals surface area contributed by atoms with Gasteiger partial charge in [0.2, 0.25) is 0 Å². The van der Waals surface area contributed by atoms with Crippen LogP contribution in [-0.4, -0.2) is 15.8 Å². The van der Waals surface area contributed by atoms with Gasteiger partial charge in [0.25, 0.3) is 0 Å². The molecule has 0 radical (unpaired) electrons. The van der Waals surface area contributed by atoms with E-state index in [0.717, 1.165) is 5.56 Å². The van der Waals surface area contributed by atoms with Gasteiger partial charge in [-0.25, -0.2) is 4.98 Å². The number of ether oxygens (including phenoxy) is 2. The third kappa shape index (κ3) is 2.50. The van der Waals surface area contributed by atoms with Gasteiger partial charge in [0, 0.05) is 12.4 Å². The van der Waals surface area contributed by atoms with E-state index >= 15 is 0 Å². The van der Waals surface area contributed by atoms with E-state index in [1.165, 1.54) is 10.8 Å². The highest BCUT2D eigenvalue weighted by atomic mass is 35.5. The van der Waals surface area contributed by atoms with Crippen LogP contribution in [-0.2, 0) is 9.47 Å². The zero-order valence-electron chi connectivity index (χ0n) is 12.1. The summed E-state index contributed by atoms with van der Waals surface area (Å²) in [6.45, 7) is 1.93. The van der Waals surface area contributed by atoms with Gasteiger partial charge in [-0.2, -0.15) is 0 Å². The van der Waals surface area contributed by atoms with Crippen molar-refractivity contribution in [1.82, 2.24) is 9.55 Å². The van der Waals surface area contributed by atoms with Crippen molar-refractivity contribution in [1.29, 1.82) is 0 Å². The lowest BCUT2D eigenvalue weighted by molar-refractivity contribution is -0.0608. The normalized spacial score (nSPS) is 24.3. The van der Waals surface area contributed by atoms with Crippen LogP contribution in [0.4, 0.5) is 0 Å². The topological polar surface area (TPSA) is 36.3 Å². The van der Waals surface area contributed by atoms with Gasteiger partial charge < -0.3 is 14.0 Å². The third-order valence-electron chi connectivity index (χ3n) is 3.88. The van der Waals surface area contributed by atoms with E-state index in [-0.39, 0.29) is 31.0 Å². The Kier molecular flexibility index (Phi) is 4.16. The molecule has 4 nitrogen and oxygen atoms in total. The first kappa shape index (κ1) is 15.0. The zero-order valence-corrected chi connectivity index (χ0v) is 12.9. The summed E-state index contributed by atoms with van der Waals surface area (Å²) in [5.41, 5.74) is 1.15. The maximum atomic E-state index is 6.02. The Morgan fingerprint density at radius 3 is 2.68 bits per heavy atom. The van der Waals surface area contributed by atoms with Crippen LogP contribution in [0.1, 0.15) is 24.8 Å². The van der Waals surface area contributed by atoms with Gasteiger partial charge >= 0.3 is 0 Å². The second kappa shape index (κ2) is 6.08. The van der Waals surface area contributed by atoms with Crippen molar-refractivity contribution in [2.75, 3.05) is 0 Å². The van der Waals surface area contributed by atoms with Crippen LogP contribution in [0.2, 0.25) is 0 Å². The number of fused-ring (bicyclic) bond motifs is 1. The Balaban J connectivity index is 0.00000144. The summed E-state index contributed by atoms with van der Waals surface area (Å²) in [5.74, 6) is 0. The summed E-state index contributed by atoms with van der Waals surface area (Å²) in [4.78, 5) is 4.11. The second-order valence-electron chi connectivity index (χ2n) is 5.23.